The monoisotopic (exact) mass is 424 g/mol. The average Bonchev–Trinajstić information content (AvgIpc) is 3.34. The molecule has 30 heavy (non-hydrogen) atoms. The predicted octanol–water partition coefficient (Wildman–Crippen LogP) is 4.08. The molecule has 1 fully saturated rings. The van der Waals surface area contributed by atoms with E-state index in [1.165, 1.54) is 25.3 Å². The summed E-state index contributed by atoms with van der Waals surface area (Å²) in [5, 5.41) is 1.60. The number of halogens is 1. The van der Waals surface area contributed by atoms with E-state index in [1.54, 1.807) is 48.5 Å². The first-order valence-corrected chi connectivity index (χ1v) is 9.33. The summed E-state index contributed by atoms with van der Waals surface area (Å²) in [6.45, 7) is 0. The lowest BCUT2D eigenvalue weighted by atomic mass is 10.1. The van der Waals surface area contributed by atoms with E-state index in [1.807, 2.05) is 6.07 Å². The third kappa shape index (κ3) is 3.51. The third-order valence-electron chi connectivity index (χ3n) is 4.56. The second-order valence-corrected chi connectivity index (χ2v) is 6.77. The van der Waals surface area contributed by atoms with Crippen LogP contribution < -0.4 is 19.9 Å². The maximum atomic E-state index is 12.7. The number of anilines is 1. The molecule has 0 radical (unpaired) electrons. The molecule has 7 nitrogen and oxygen atoms in total. The predicted molar refractivity (Wildman–Crippen MR) is 112 cm³/mol. The zero-order chi connectivity index (χ0) is 21.3. The highest BCUT2D eigenvalue weighted by atomic mass is 35.5. The minimum Gasteiger partial charge on any atom is -0.496 e. The number of hydrogen-bond acceptors (Lipinski definition) is 5. The number of carbonyl (C=O) groups is 2. The molecule has 1 aliphatic heterocycles. The van der Waals surface area contributed by atoms with Gasteiger partial charge in [0.2, 0.25) is 0 Å². The van der Waals surface area contributed by atoms with Crippen LogP contribution in [0.2, 0.25) is 5.02 Å². The van der Waals surface area contributed by atoms with Gasteiger partial charge in [-0.3, -0.25) is 15.0 Å². The highest BCUT2D eigenvalue weighted by Gasteiger charge is 2.34. The number of hydrazine groups is 1. The quantitative estimate of drug-likeness (QED) is 0.493. The summed E-state index contributed by atoms with van der Waals surface area (Å²) in [7, 11) is 3.03. The van der Waals surface area contributed by atoms with Gasteiger partial charge in [0.05, 0.1) is 30.5 Å². The second-order valence-electron chi connectivity index (χ2n) is 6.36. The van der Waals surface area contributed by atoms with Crippen LogP contribution in [0.1, 0.15) is 5.76 Å². The number of ether oxygens (including phenoxy) is 2. The van der Waals surface area contributed by atoms with Crippen LogP contribution in [0.3, 0.4) is 0 Å². The molecular formula is C22H17ClN2O5. The van der Waals surface area contributed by atoms with Crippen LogP contribution in [0, 0.1) is 0 Å². The molecule has 0 spiro atoms. The number of hydrogen-bond donors (Lipinski definition) is 1. The number of nitrogens with zero attached hydrogens (tertiary/aromatic N) is 1. The number of carbonyl (C=O) groups excluding carboxylic acids is 2. The molecule has 2 amide bonds. The van der Waals surface area contributed by atoms with Crippen LogP contribution >= 0.6 is 11.6 Å². The molecule has 0 unspecified atom stereocenters. The van der Waals surface area contributed by atoms with E-state index in [2.05, 4.69) is 5.43 Å². The van der Waals surface area contributed by atoms with Gasteiger partial charge in [0.25, 0.3) is 11.8 Å². The number of para-hydroxylation sites is 1. The van der Waals surface area contributed by atoms with Crippen molar-refractivity contribution < 1.29 is 23.5 Å². The summed E-state index contributed by atoms with van der Waals surface area (Å²) >= 11 is 6.15. The Balaban J connectivity index is 1.66. The molecule has 1 saturated heterocycles. The molecule has 3 aromatic rings. The summed E-state index contributed by atoms with van der Waals surface area (Å²) in [4.78, 5) is 25.0. The van der Waals surface area contributed by atoms with Crippen molar-refractivity contribution in [1.82, 2.24) is 5.43 Å². The zero-order valence-corrected chi connectivity index (χ0v) is 16.9. The minimum absolute atomic E-state index is 0.0274. The van der Waals surface area contributed by atoms with Crippen LogP contribution in [-0.4, -0.2) is 26.0 Å². The van der Waals surface area contributed by atoms with Crippen molar-refractivity contribution in [3.05, 3.63) is 71.0 Å². The number of rotatable bonds is 5. The molecule has 0 bridgehead atoms. The van der Waals surface area contributed by atoms with Crippen molar-refractivity contribution in [3.8, 4) is 22.8 Å². The lowest BCUT2D eigenvalue weighted by Gasteiger charge is -2.13. The van der Waals surface area contributed by atoms with Gasteiger partial charge in [-0.05, 0) is 36.4 Å². The van der Waals surface area contributed by atoms with Crippen LogP contribution in [-0.2, 0) is 9.59 Å². The molecule has 0 aliphatic carbocycles. The molecule has 2 heterocycles. The Labute approximate surface area is 177 Å². The summed E-state index contributed by atoms with van der Waals surface area (Å²) in [6, 6.07) is 15.5. The highest BCUT2D eigenvalue weighted by molar-refractivity contribution is 6.32. The van der Waals surface area contributed by atoms with Crippen LogP contribution in [0.5, 0.6) is 11.5 Å². The fourth-order valence-electron chi connectivity index (χ4n) is 3.09. The molecule has 1 N–H and O–H groups in total. The lowest BCUT2D eigenvalue weighted by molar-refractivity contribution is -0.117. The Bertz CT molecular complexity index is 1150. The Morgan fingerprint density at radius 2 is 1.73 bits per heavy atom. The number of benzene rings is 2. The first-order chi connectivity index (χ1) is 14.5. The van der Waals surface area contributed by atoms with Crippen LogP contribution in [0.15, 0.2) is 64.6 Å². The fourth-order valence-corrected chi connectivity index (χ4v) is 3.32. The van der Waals surface area contributed by atoms with Crippen LogP contribution in [0.25, 0.3) is 17.4 Å². The zero-order valence-electron chi connectivity index (χ0n) is 16.1. The van der Waals surface area contributed by atoms with Crippen molar-refractivity contribution in [2.45, 2.75) is 0 Å². The van der Waals surface area contributed by atoms with Gasteiger partial charge in [-0.1, -0.05) is 29.8 Å². The van der Waals surface area contributed by atoms with Gasteiger partial charge in [-0.15, -0.1) is 0 Å². The third-order valence-corrected chi connectivity index (χ3v) is 4.85. The maximum absolute atomic E-state index is 12.7. The summed E-state index contributed by atoms with van der Waals surface area (Å²) in [5.74, 6) is 0.808. The molecule has 2 aromatic carbocycles. The first kappa shape index (κ1) is 19.6. The normalized spacial score (nSPS) is 14.9. The number of nitrogens with one attached hydrogen (secondary N) is 1. The van der Waals surface area contributed by atoms with E-state index in [0.29, 0.717) is 39.3 Å². The Kier molecular flexibility index (Phi) is 5.20. The van der Waals surface area contributed by atoms with Gasteiger partial charge >= 0.3 is 0 Å². The summed E-state index contributed by atoms with van der Waals surface area (Å²) in [6.07, 6.45) is 1.41. The number of amides is 2. The number of methoxy groups -OCH3 is 2. The van der Waals surface area contributed by atoms with E-state index in [9.17, 15) is 9.59 Å². The lowest BCUT2D eigenvalue weighted by Crippen LogP contribution is -2.35. The van der Waals surface area contributed by atoms with Gasteiger partial charge in [0, 0.05) is 6.07 Å². The molecule has 1 aliphatic rings. The van der Waals surface area contributed by atoms with Gasteiger partial charge in [0.15, 0.2) is 0 Å². The standard InChI is InChI=1S/C22H17ClN2O5/c1-28-19-12-17(23)20(29-2)11-15(19)18-9-8-14(30-18)10-16-21(26)24-25(22(16)27)13-6-4-3-5-7-13/h3-12H,1-2H3,(H,24,26)/b16-10+. The SMILES string of the molecule is COc1cc(-c2ccc(/C=C3\C(=O)NN(c4ccccc4)C3=O)o2)c(OC)cc1Cl. The highest BCUT2D eigenvalue weighted by Crippen LogP contribution is 2.39. The van der Waals surface area contributed by atoms with Crippen molar-refractivity contribution in [1.29, 1.82) is 0 Å². The molecule has 0 atom stereocenters. The van der Waals surface area contributed by atoms with Crippen molar-refractivity contribution in [3.63, 3.8) is 0 Å². The van der Waals surface area contributed by atoms with Crippen molar-refractivity contribution in [2.75, 3.05) is 19.2 Å². The molecule has 8 heteroatoms. The Morgan fingerprint density at radius 1 is 1.00 bits per heavy atom. The van der Waals surface area contributed by atoms with Crippen LogP contribution in [0.4, 0.5) is 5.69 Å². The van der Waals surface area contributed by atoms with Gasteiger partial charge in [0.1, 0.15) is 28.6 Å². The summed E-state index contributed by atoms with van der Waals surface area (Å²) < 4.78 is 16.5. The van der Waals surface area contributed by atoms with E-state index in [-0.39, 0.29) is 5.57 Å². The van der Waals surface area contributed by atoms with Gasteiger partial charge < -0.3 is 13.9 Å². The molecular weight excluding hydrogens is 408 g/mol. The van der Waals surface area contributed by atoms with Gasteiger partial charge in [-0.25, -0.2) is 5.01 Å². The molecule has 0 saturated carbocycles. The van der Waals surface area contributed by atoms with Crippen molar-refractivity contribution in [2.24, 2.45) is 0 Å². The summed E-state index contributed by atoms with van der Waals surface area (Å²) in [5.41, 5.74) is 3.71. The van der Waals surface area contributed by atoms with E-state index in [0.717, 1.165) is 0 Å². The molecule has 4 rings (SSSR count). The minimum atomic E-state index is -0.507. The largest absolute Gasteiger partial charge is 0.496 e. The molecule has 1 aromatic heterocycles. The average molecular weight is 425 g/mol. The van der Waals surface area contributed by atoms with Crippen molar-refractivity contribution >= 4 is 35.2 Å². The number of furan rings is 1. The Hall–Kier alpha value is -3.71. The van der Waals surface area contributed by atoms with E-state index in [4.69, 9.17) is 25.5 Å². The fraction of sp³-hybridized carbons (Fsp3) is 0.0909. The Morgan fingerprint density at radius 3 is 2.43 bits per heavy atom. The van der Waals surface area contributed by atoms with E-state index < -0.39 is 11.8 Å². The maximum Gasteiger partial charge on any atom is 0.282 e. The van der Waals surface area contributed by atoms with Gasteiger partial charge in [-0.2, -0.15) is 0 Å². The van der Waals surface area contributed by atoms with E-state index >= 15 is 0 Å². The second kappa shape index (κ2) is 7.96. The topological polar surface area (TPSA) is 81.0 Å². The first-order valence-electron chi connectivity index (χ1n) is 8.95. The smallest absolute Gasteiger partial charge is 0.282 e. The molecule has 152 valence electrons.